The number of hydrogen-bond acceptors (Lipinski definition) is 2. The summed E-state index contributed by atoms with van der Waals surface area (Å²) >= 11 is 0. The fourth-order valence-electron chi connectivity index (χ4n) is 1.68. The minimum absolute atomic E-state index is 0.412. The zero-order valence-corrected chi connectivity index (χ0v) is 6.82. The van der Waals surface area contributed by atoms with Gasteiger partial charge in [0.1, 0.15) is 6.10 Å². The van der Waals surface area contributed by atoms with Gasteiger partial charge in [0.25, 0.3) is 0 Å². The molecule has 3 unspecified atom stereocenters. The molecule has 0 amide bonds. The van der Waals surface area contributed by atoms with Crippen molar-refractivity contribution in [2.24, 2.45) is 0 Å². The van der Waals surface area contributed by atoms with Crippen LogP contribution in [0, 0.1) is 0 Å². The van der Waals surface area contributed by atoms with E-state index in [1.54, 1.807) is 6.26 Å². The topological polar surface area (TPSA) is 21.8 Å². The van der Waals surface area contributed by atoms with Crippen LogP contribution in [-0.4, -0.2) is 18.3 Å². The van der Waals surface area contributed by atoms with E-state index in [0.29, 0.717) is 18.3 Å². The Balaban J connectivity index is 1.76. The molecule has 2 nitrogen and oxygen atoms in total. The molecule has 3 atom stereocenters. The second-order valence-electron chi connectivity index (χ2n) is 3.25. The third-order valence-electron chi connectivity index (χ3n) is 2.36. The van der Waals surface area contributed by atoms with Crippen LogP contribution in [0.2, 0.25) is 0 Å². The van der Waals surface area contributed by atoms with Gasteiger partial charge < -0.3 is 9.47 Å². The van der Waals surface area contributed by atoms with Gasteiger partial charge in [-0.15, -0.1) is 0 Å². The molecule has 0 radical (unpaired) electrons. The van der Waals surface area contributed by atoms with E-state index in [-0.39, 0.29) is 0 Å². The van der Waals surface area contributed by atoms with Gasteiger partial charge in [0, 0.05) is 6.42 Å². The van der Waals surface area contributed by atoms with Crippen molar-refractivity contribution in [1.82, 2.24) is 0 Å². The molecule has 2 aliphatic rings. The van der Waals surface area contributed by atoms with Crippen LogP contribution < -0.4 is 0 Å². The minimum Gasteiger partial charge on any atom is -0.498 e. The molecule has 1 saturated carbocycles. The Labute approximate surface area is 67.2 Å². The van der Waals surface area contributed by atoms with Gasteiger partial charge in [-0.1, -0.05) is 6.08 Å². The SMILES string of the molecule is CC=COC1CCC2OC2C1. The van der Waals surface area contributed by atoms with Crippen molar-refractivity contribution in [2.75, 3.05) is 0 Å². The summed E-state index contributed by atoms with van der Waals surface area (Å²) in [5.74, 6) is 0. The smallest absolute Gasteiger partial charge is 0.100 e. The molecular formula is C9H14O2. The van der Waals surface area contributed by atoms with E-state index in [9.17, 15) is 0 Å². The Bertz CT molecular complexity index is 165. The van der Waals surface area contributed by atoms with Gasteiger partial charge >= 0.3 is 0 Å². The molecule has 0 N–H and O–H groups in total. The summed E-state index contributed by atoms with van der Waals surface area (Å²) in [5, 5.41) is 0. The van der Waals surface area contributed by atoms with Crippen LogP contribution >= 0.6 is 0 Å². The molecule has 1 aliphatic carbocycles. The first-order chi connectivity index (χ1) is 5.40. The van der Waals surface area contributed by atoms with Crippen LogP contribution in [0.1, 0.15) is 26.2 Å². The highest BCUT2D eigenvalue weighted by atomic mass is 16.6. The fourth-order valence-corrected chi connectivity index (χ4v) is 1.68. The minimum atomic E-state index is 0.412. The van der Waals surface area contributed by atoms with Gasteiger partial charge in [0.2, 0.25) is 0 Å². The summed E-state index contributed by atoms with van der Waals surface area (Å²) in [4.78, 5) is 0. The highest BCUT2D eigenvalue weighted by Gasteiger charge is 2.44. The van der Waals surface area contributed by atoms with Crippen molar-refractivity contribution in [3.05, 3.63) is 12.3 Å². The number of fused-ring (bicyclic) bond motifs is 1. The molecule has 2 heteroatoms. The maximum absolute atomic E-state index is 5.47. The molecule has 0 aromatic rings. The number of ether oxygens (including phenoxy) is 2. The lowest BCUT2D eigenvalue weighted by atomic mass is 9.98. The maximum Gasteiger partial charge on any atom is 0.100 e. The summed E-state index contributed by atoms with van der Waals surface area (Å²) < 4.78 is 10.9. The number of allylic oxidation sites excluding steroid dienone is 1. The van der Waals surface area contributed by atoms with Crippen LogP contribution in [0.3, 0.4) is 0 Å². The molecular weight excluding hydrogens is 140 g/mol. The Hall–Kier alpha value is -0.500. The molecule has 0 spiro atoms. The summed E-state index contributed by atoms with van der Waals surface area (Å²) in [6, 6.07) is 0. The van der Waals surface area contributed by atoms with E-state index >= 15 is 0 Å². The fraction of sp³-hybridized carbons (Fsp3) is 0.778. The molecule has 1 aliphatic heterocycles. The lowest BCUT2D eigenvalue weighted by Gasteiger charge is -2.17. The van der Waals surface area contributed by atoms with E-state index in [1.165, 1.54) is 6.42 Å². The average molecular weight is 154 g/mol. The molecule has 2 rings (SSSR count). The van der Waals surface area contributed by atoms with Gasteiger partial charge in [-0.05, 0) is 19.8 Å². The number of epoxide rings is 1. The van der Waals surface area contributed by atoms with E-state index in [2.05, 4.69) is 0 Å². The first-order valence-corrected chi connectivity index (χ1v) is 4.32. The predicted molar refractivity (Wildman–Crippen MR) is 42.2 cm³/mol. The van der Waals surface area contributed by atoms with Crippen molar-refractivity contribution in [3.63, 3.8) is 0 Å². The average Bonchev–Trinajstić information content (AvgIpc) is 2.78. The molecule has 11 heavy (non-hydrogen) atoms. The monoisotopic (exact) mass is 154 g/mol. The van der Waals surface area contributed by atoms with Crippen molar-refractivity contribution in [1.29, 1.82) is 0 Å². The molecule has 1 saturated heterocycles. The van der Waals surface area contributed by atoms with E-state index < -0.39 is 0 Å². The molecule has 0 aromatic heterocycles. The standard InChI is InChI=1S/C9H14O2/c1-2-5-10-7-3-4-8-9(6-7)11-8/h2,5,7-9H,3-4,6H2,1H3. The van der Waals surface area contributed by atoms with Crippen molar-refractivity contribution in [3.8, 4) is 0 Å². The van der Waals surface area contributed by atoms with Gasteiger partial charge in [-0.25, -0.2) is 0 Å². The predicted octanol–water partition coefficient (Wildman–Crippen LogP) is 1.86. The van der Waals surface area contributed by atoms with Crippen LogP contribution in [-0.2, 0) is 9.47 Å². The van der Waals surface area contributed by atoms with Crippen LogP contribution in [0.4, 0.5) is 0 Å². The molecule has 0 aromatic carbocycles. The third-order valence-corrected chi connectivity index (χ3v) is 2.36. The Morgan fingerprint density at radius 1 is 1.36 bits per heavy atom. The van der Waals surface area contributed by atoms with Crippen molar-refractivity contribution in [2.45, 2.75) is 44.5 Å². The quantitative estimate of drug-likeness (QED) is 0.447. The summed E-state index contributed by atoms with van der Waals surface area (Å²) in [6.45, 7) is 1.97. The van der Waals surface area contributed by atoms with Gasteiger partial charge in [0.15, 0.2) is 0 Å². The number of hydrogen-bond donors (Lipinski definition) is 0. The second kappa shape index (κ2) is 2.86. The second-order valence-corrected chi connectivity index (χ2v) is 3.25. The van der Waals surface area contributed by atoms with Gasteiger partial charge in [-0.3, -0.25) is 0 Å². The lowest BCUT2D eigenvalue weighted by molar-refractivity contribution is 0.113. The van der Waals surface area contributed by atoms with E-state index in [1.807, 2.05) is 13.0 Å². The first-order valence-electron chi connectivity index (χ1n) is 4.32. The Morgan fingerprint density at radius 3 is 3.00 bits per heavy atom. The largest absolute Gasteiger partial charge is 0.498 e. The van der Waals surface area contributed by atoms with Crippen LogP contribution in [0.15, 0.2) is 12.3 Å². The Morgan fingerprint density at radius 2 is 2.27 bits per heavy atom. The molecule has 62 valence electrons. The molecule has 1 heterocycles. The Kier molecular flexibility index (Phi) is 1.86. The third kappa shape index (κ3) is 1.56. The zero-order chi connectivity index (χ0) is 7.68. The van der Waals surface area contributed by atoms with Crippen molar-refractivity contribution < 1.29 is 9.47 Å². The lowest BCUT2D eigenvalue weighted by Crippen LogP contribution is -2.19. The highest BCUT2D eigenvalue weighted by Crippen LogP contribution is 2.37. The van der Waals surface area contributed by atoms with Crippen LogP contribution in [0.25, 0.3) is 0 Å². The van der Waals surface area contributed by atoms with Crippen LogP contribution in [0.5, 0.6) is 0 Å². The van der Waals surface area contributed by atoms with Gasteiger partial charge in [0.05, 0.1) is 18.5 Å². The zero-order valence-electron chi connectivity index (χ0n) is 6.82. The highest BCUT2D eigenvalue weighted by molar-refractivity contribution is 4.93. The van der Waals surface area contributed by atoms with E-state index in [4.69, 9.17) is 9.47 Å². The number of rotatable bonds is 2. The summed E-state index contributed by atoms with van der Waals surface area (Å²) in [6.07, 6.45) is 8.68. The maximum atomic E-state index is 5.47. The first kappa shape index (κ1) is 7.17. The molecule has 0 bridgehead atoms. The summed E-state index contributed by atoms with van der Waals surface area (Å²) in [5.41, 5.74) is 0. The van der Waals surface area contributed by atoms with Crippen molar-refractivity contribution >= 4 is 0 Å². The summed E-state index contributed by atoms with van der Waals surface area (Å²) in [7, 11) is 0. The molecule has 2 fully saturated rings. The van der Waals surface area contributed by atoms with E-state index in [0.717, 1.165) is 12.8 Å². The normalized spacial score (nSPS) is 42.1. The van der Waals surface area contributed by atoms with Gasteiger partial charge in [-0.2, -0.15) is 0 Å².